The number of para-hydroxylation sites is 2. The van der Waals surface area contributed by atoms with Crippen LogP contribution in [0, 0.1) is 13.8 Å². The van der Waals surface area contributed by atoms with Crippen molar-refractivity contribution in [1.29, 1.82) is 0 Å². The van der Waals surface area contributed by atoms with Crippen LogP contribution in [-0.4, -0.2) is 0 Å². The van der Waals surface area contributed by atoms with E-state index in [0.717, 1.165) is 29.9 Å². The van der Waals surface area contributed by atoms with Crippen molar-refractivity contribution < 1.29 is 4.42 Å². The molecule has 0 spiro atoms. The largest absolute Gasteiger partial charge is 0.459 e. The van der Waals surface area contributed by atoms with E-state index < -0.39 is 0 Å². The number of rotatable bonds is 1. The second-order valence-electron chi connectivity index (χ2n) is 10.6. The van der Waals surface area contributed by atoms with Crippen LogP contribution in [0.4, 0.5) is 17.1 Å². The molecule has 0 unspecified atom stereocenters. The first-order valence-corrected chi connectivity index (χ1v) is 12.6. The summed E-state index contributed by atoms with van der Waals surface area (Å²) in [5.41, 5.74) is 14.1. The van der Waals surface area contributed by atoms with Crippen molar-refractivity contribution in [2.75, 3.05) is 4.90 Å². The van der Waals surface area contributed by atoms with Gasteiger partial charge in [0.25, 0.3) is 0 Å². The number of fused-ring (bicyclic) bond motifs is 7. The molecule has 1 aromatic heterocycles. The summed E-state index contributed by atoms with van der Waals surface area (Å²) in [6.07, 6.45) is 2.19. The topological polar surface area (TPSA) is 16.4 Å². The Morgan fingerprint density at radius 3 is 2.34 bits per heavy atom. The molecule has 2 nitrogen and oxygen atoms in total. The average molecular weight is 456 g/mol. The van der Waals surface area contributed by atoms with E-state index >= 15 is 0 Å². The molecule has 0 saturated carbocycles. The number of furan rings is 1. The molecule has 1 aliphatic carbocycles. The normalized spacial score (nSPS) is 15.4. The molecule has 0 amide bonds. The van der Waals surface area contributed by atoms with Crippen LogP contribution in [0.2, 0.25) is 0 Å². The molecule has 0 radical (unpaired) electrons. The zero-order chi connectivity index (χ0) is 23.9. The first-order valence-electron chi connectivity index (χ1n) is 12.6. The second-order valence-corrected chi connectivity index (χ2v) is 10.6. The van der Waals surface area contributed by atoms with E-state index in [2.05, 4.69) is 111 Å². The standard InChI is InChI=1S/C33H29NO/c1-20-21(2)35-32-24(20)12-9-15-29(32)34-27-14-8-7-13-26(27)33(3,4)31-28(34)19-18-23-17-16-22-10-5-6-11-25(22)30(23)31/h5-15,18-19H,16-17H2,1-4H3. The summed E-state index contributed by atoms with van der Waals surface area (Å²) in [7, 11) is 0. The summed E-state index contributed by atoms with van der Waals surface area (Å²) < 4.78 is 6.39. The van der Waals surface area contributed by atoms with Crippen LogP contribution in [0.25, 0.3) is 22.1 Å². The molecule has 7 rings (SSSR count). The number of anilines is 3. The number of aryl methyl sites for hydroxylation is 4. The number of hydrogen-bond donors (Lipinski definition) is 0. The van der Waals surface area contributed by atoms with Crippen LogP contribution in [0.1, 0.15) is 47.4 Å². The lowest BCUT2D eigenvalue weighted by Gasteiger charge is -2.44. The zero-order valence-corrected chi connectivity index (χ0v) is 20.8. The fourth-order valence-corrected chi connectivity index (χ4v) is 6.47. The van der Waals surface area contributed by atoms with Gasteiger partial charge in [0.15, 0.2) is 5.58 Å². The Bertz CT molecular complexity index is 1650. The summed E-state index contributed by atoms with van der Waals surface area (Å²) in [5, 5.41) is 1.19. The summed E-state index contributed by atoms with van der Waals surface area (Å²) in [6.45, 7) is 9.00. The van der Waals surface area contributed by atoms with Gasteiger partial charge in [0, 0.05) is 10.8 Å². The number of benzene rings is 4. The van der Waals surface area contributed by atoms with Crippen LogP contribution < -0.4 is 4.90 Å². The molecule has 0 fully saturated rings. The van der Waals surface area contributed by atoms with E-state index in [1.54, 1.807) is 0 Å². The Hall–Kier alpha value is -3.78. The minimum absolute atomic E-state index is 0.138. The third-order valence-electron chi connectivity index (χ3n) is 8.33. The predicted octanol–water partition coefficient (Wildman–Crippen LogP) is 8.92. The van der Waals surface area contributed by atoms with Gasteiger partial charge in [0.05, 0.1) is 17.1 Å². The van der Waals surface area contributed by atoms with Crippen molar-refractivity contribution >= 4 is 28.0 Å². The molecule has 35 heavy (non-hydrogen) atoms. The van der Waals surface area contributed by atoms with Crippen molar-refractivity contribution in [2.24, 2.45) is 0 Å². The maximum atomic E-state index is 6.39. The van der Waals surface area contributed by atoms with E-state index in [0.29, 0.717) is 0 Å². The molecular formula is C33H29NO. The van der Waals surface area contributed by atoms with Gasteiger partial charge in [0.2, 0.25) is 0 Å². The van der Waals surface area contributed by atoms with Gasteiger partial charge < -0.3 is 9.32 Å². The first-order chi connectivity index (χ1) is 17.0. The molecule has 1 aliphatic heterocycles. The van der Waals surface area contributed by atoms with Crippen molar-refractivity contribution in [2.45, 2.75) is 46.0 Å². The van der Waals surface area contributed by atoms with Gasteiger partial charge in [-0.3, -0.25) is 0 Å². The number of hydrogen-bond acceptors (Lipinski definition) is 2. The average Bonchev–Trinajstić information content (AvgIpc) is 3.17. The highest BCUT2D eigenvalue weighted by atomic mass is 16.3. The molecule has 2 heteroatoms. The molecule has 0 N–H and O–H groups in total. The van der Waals surface area contributed by atoms with Gasteiger partial charge in [-0.15, -0.1) is 0 Å². The van der Waals surface area contributed by atoms with Crippen LogP contribution in [0.3, 0.4) is 0 Å². The quantitative estimate of drug-likeness (QED) is 0.251. The molecule has 0 atom stereocenters. The van der Waals surface area contributed by atoms with Crippen molar-refractivity contribution in [3.05, 3.63) is 112 Å². The van der Waals surface area contributed by atoms with Crippen molar-refractivity contribution in [3.8, 4) is 11.1 Å². The molecule has 5 aromatic rings. The van der Waals surface area contributed by atoms with Crippen molar-refractivity contribution in [1.82, 2.24) is 0 Å². The molecule has 0 saturated heterocycles. The van der Waals surface area contributed by atoms with Gasteiger partial charge in [0.1, 0.15) is 5.76 Å². The van der Waals surface area contributed by atoms with Crippen LogP contribution >= 0.6 is 0 Å². The summed E-state index contributed by atoms with van der Waals surface area (Å²) >= 11 is 0. The third kappa shape index (κ3) is 2.71. The van der Waals surface area contributed by atoms with Crippen LogP contribution in [0.15, 0.2) is 83.3 Å². The molecule has 0 bridgehead atoms. The Labute approximate surface area is 206 Å². The Balaban J connectivity index is 1.61. The lowest BCUT2D eigenvalue weighted by Crippen LogP contribution is -2.32. The zero-order valence-electron chi connectivity index (χ0n) is 20.8. The van der Waals surface area contributed by atoms with E-state index in [-0.39, 0.29) is 5.41 Å². The Morgan fingerprint density at radius 2 is 1.46 bits per heavy atom. The Kier molecular flexibility index (Phi) is 4.18. The summed E-state index contributed by atoms with van der Waals surface area (Å²) in [6, 6.07) is 29.1. The summed E-state index contributed by atoms with van der Waals surface area (Å²) in [5.74, 6) is 0.984. The fraction of sp³-hybridized carbons (Fsp3) is 0.212. The van der Waals surface area contributed by atoms with E-state index in [1.807, 2.05) is 0 Å². The smallest absolute Gasteiger partial charge is 0.158 e. The van der Waals surface area contributed by atoms with Crippen LogP contribution in [-0.2, 0) is 18.3 Å². The maximum Gasteiger partial charge on any atom is 0.158 e. The minimum atomic E-state index is -0.138. The van der Waals surface area contributed by atoms with E-state index in [4.69, 9.17) is 4.42 Å². The minimum Gasteiger partial charge on any atom is -0.459 e. The SMILES string of the molecule is Cc1oc2c(N3c4ccccc4C(C)(C)c4c3ccc3c4-c4ccccc4CC3)cccc2c1C. The summed E-state index contributed by atoms with van der Waals surface area (Å²) in [4.78, 5) is 2.44. The first kappa shape index (κ1) is 20.6. The van der Waals surface area contributed by atoms with Gasteiger partial charge in [-0.25, -0.2) is 0 Å². The van der Waals surface area contributed by atoms with Gasteiger partial charge in [-0.2, -0.15) is 0 Å². The highest BCUT2D eigenvalue weighted by molar-refractivity contribution is 6.01. The van der Waals surface area contributed by atoms with Crippen molar-refractivity contribution in [3.63, 3.8) is 0 Å². The molecule has 2 aliphatic rings. The lowest BCUT2D eigenvalue weighted by atomic mass is 9.68. The second kappa shape index (κ2) is 7.11. The third-order valence-corrected chi connectivity index (χ3v) is 8.33. The van der Waals surface area contributed by atoms with E-state index in [9.17, 15) is 0 Å². The monoisotopic (exact) mass is 455 g/mol. The van der Waals surface area contributed by atoms with Gasteiger partial charge in [-0.05, 0) is 83.8 Å². The highest BCUT2D eigenvalue weighted by Crippen LogP contribution is 2.57. The van der Waals surface area contributed by atoms with Gasteiger partial charge >= 0.3 is 0 Å². The molecule has 172 valence electrons. The highest BCUT2D eigenvalue weighted by Gasteiger charge is 2.41. The molecule has 4 aromatic carbocycles. The van der Waals surface area contributed by atoms with E-state index in [1.165, 1.54) is 55.7 Å². The lowest BCUT2D eigenvalue weighted by molar-refractivity contribution is 0.574. The molecule has 2 heterocycles. The maximum absolute atomic E-state index is 6.39. The number of nitrogens with zero attached hydrogens (tertiary/aromatic N) is 1. The van der Waals surface area contributed by atoms with Crippen LogP contribution in [0.5, 0.6) is 0 Å². The molecular weight excluding hydrogens is 426 g/mol. The Morgan fingerprint density at radius 1 is 0.714 bits per heavy atom. The predicted molar refractivity (Wildman–Crippen MR) is 145 cm³/mol. The fourth-order valence-electron chi connectivity index (χ4n) is 6.47. The van der Waals surface area contributed by atoms with Gasteiger partial charge in [-0.1, -0.05) is 74.5 Å².